The van der Waals surface area contributed by atoms with Crippen LogP contribution in [0.4, 0.5) is 0 Å². The van der Waals surface area contributed by atoms with Gasteiger partial charge in [-0.1, -0.05) is 0 Å². The van der Waals surface area contributed by atoms with Gasteiger partial charge in [-0.25, -0.2) is 22.9 Å². The number of carbonyl (C=O) groups is 1. The van der Waals surface area contributed by atoms with Crippen molar-refractivity contribution < 1.29 is 18.3 Å². The number of nitrogens with zero attached hydrogens (tertiary/aromatic N) is 2. The third kappa shape index (κ3) is 4.14. The van der Waals surface area contributed by atoms with Crippen LogP contribution in [-0.4, -0.2) is 35.6 Å². The highest BCUT2D eigenvalue weighted by atomic mass is 32.2. The normalized spacial score (nSPS) is 11.4. The zero-order valence-electron chi connectivity index (χ0n) is 11.1. The van der Waals surface area contributed by atoms with Crippen LogP contribution >= 0.6 is 0 Å². The van der Waals surface area contributed by atoms with Crippen molar-refractivity contribution in [1.82, 2.24) is 14.3 Å². The number of imidazole rings is 1. The molecule has 7 nitrogen and oxygen atoms in total. The van der Waals surface area contributed by atoms with Crippen LogP contribution in [0.3, 0.4) is 0 Å². The first-order chi connectivity index (χ1) is 9.99. The van der Waals surface area contributed by atoms with Gasteiger partial charge < -0.3 is 9.67 Å². The van der Waals surface area contributed by atoms with Gasteiger partial charge in [0.2, 0.25) is 10.0 Å². The summed E-state index contributed by atoms with van der Waals surface area (Å²) in [5, 5.41) is 8.77. The second-order valence-electron chi connectivity index (χ2n) is 4.38. The van der Waals surface area contributed by atoms with E-state index in [1.54, 1.807) is 18.7 Å². The minimum Gasteiger partial charge on any atom is -0.478 e. The molecule has 112 valence electrons. The van der Waals surface area contributed by atoms with Crippen molar-refractivity contribution in [3.05, 3.63) is 48.5 Å². The average molecular weight is 309 g/mol. The van der Waals surface area contributed by atoms with Crippen LogP contribution in [0.15, 0.2) is 47.9 Å². The number of rotatable bonds is 7. The first-order valence-corrected chi connectivity index (χ1v) is 7.76. The second kappa shape index (κ2) is 6.51. The molecule has 21 heavy (non-hydrogen) atoms. The highest BCUT2D eigenvalue weighted by Crippen LogP contribution is 2.10. The fourth-order valence-electron chi connectivity index (χ4n) is 1.75. The van der Waals surface area contributed by atoms with E-state index in [-0.39, 0.29) is 10.5 Å². The number of hydrogen-bond acceptors (Lipinski definition) is 4. The predicted molar refractivity (Wildman–Crippen MR) is 75.4 cm³/mol. The summed E-state index contributed by atoms with van der Waals surface area (Å²) in [7, 11) is -3.61. The Bertz CT molecular complexity index is 694. The molecule has 0 aliphatic heterocycles. The Morgan fingerprint density at radius 3 is 2.57 bits per heavy atom. The molecule has 0 amide bonds. The van der Waals surface area contributed by atoms with Gasteiger partial charge in [0.05, 0.1) is 16.8 Å². The summed E-state index contributed by atoms with van der Waals surface area (Å²) in [6.07, 6.45) is 5.76. The van der Waals surface area contributed by atoms with E-state index < -0.39 is 16.0 Å². The summed E-state index contributed by atoms with van der Waals surface area (Å²) in [6, 6.07) is 5.09. The summed E-state index contributed by atoms with van der Waals surface area (Å²) < 4.78 is 28.3. The molecule has 1 aromatic carbocycles. The highest BCUT2D eigenvalue weighted by Gasteiger charge is 2.13. The molecule has 1 heterocycles. The molecule has 0 saturated heterocycles. The topological polar surface area (TPSA) is 101 Å². The van der Waals surface area contributed by atoms with Crippen LogP contribution < -0.4 is 4.72 Å². The number of sulfonamides is 1. The summed E-state index contributed by atoms with van der Waals surface area (Å²) in [6.45, 7) is 0.960. The van der Waals surface area contributed by atoms with E-state index in [2.05, 4.69) is 9.71 Å². The number of hydrogen-bond donors (Lipinski definition) is 2. The average Bonchev–Trinajstić information content (AvgIpc) is 2.97. The molecule has 0 aliphatic rings. The quantitative estimate of drug-likeness (QED) is 0.742. The molecular formula is C13H15N3O4S. The predicted octanol–water partition coefficient (Wildman–Crippen LogP) is 0.950. The number of aromatic carboxylic acids is 1. The zero-order chi connectivity index (χ0) is 15.3. The largest absolute Gasteiger partial charge is 0.478 e. The zero-order valence-corrected chi connectivity index (χ0v) is 12.0. The molecule has 2 rings (SSSR count). The van der Waals surface area contributed by atoms with Crippen molar-refractivity contribution >= 4 is 16.0 Å². The van der Waals surface area contributed by atoms with E-state index in [0.717, 1.165) is 0 Å². The summed E-state index contributed by atoms with van der Waals surface area (Å²) in [4.78, 5) is 14.7. The van der Waals surface area contributed by atoms with Crippen molar-refractivity contribution in [3.8, 4) is 0 Å². The standard InChI is InChI=1S/C13H15N3O4S/c17-13(18)11-2-4-12(5-3-11)21(19,20)15-6-1-8-16-9-7-14-10-16/h2-5,7,9-10,15H,1,6,8H2,(H,17,18). The van der Waals surface area contributed by atoms with E-state index in [0.29, 0.717) is 19.5 Å². The fourth-order valence-corrected chi connectivity index (χ4v) is 2.82. The van der Waals surface area contributed by atoms with Crippen molar-refractivity contribution in [3.63, 3.8) is 0 Å². The lowest BCUT2D eigenvalue weighted by Crippen LogP contribution is -2.25. The Morgan fingerprint density at radius 2 is 2.00 bits per heavy atom. The molecule has 1 aromatic heterocycles. The van der Waals surface area contributed by atoms with Gasteiger partial charge >= 0.3 is 5.97 Å². The molecule has 0 unspecified atom stereocenters. The Hall–Kier alpha value is -2.19. The number of nitrogens with one attached hydrogen (secondary N) is 1. The number of carboxylic acid groups (broad SMARTS) is 1. The molecule has 0 fully saturated rings. The smallest absolute Gasteiger partial charge is 0.335 e. The maximum absolute atomic E-state index is 12.0. The van der Waals surface area contributed by atoms with Crippen molar-refractivity contribution in [2.75, 3.05) is 6.54 Å². The van der Waals surface area contributed by atoms with Crippen LogP contribution in [0.2, 0.25) is 0 Å². The van der Waals surface area contributed by atoms with Gasteiger partial charge in [0, 0.05) is 25.5 Å². The van der Waals surface area contributed by atoms with Gasteiger partial charge in [-0.3, -0.25) is 0 Å². The highest BCUT2D eigenvalue weighted by molar-refractivity contribution is 7.89. The maximum Gasteiger partial charge on any atom is 0.335 e. The lowest BCUT2D eigenvalue weighted by molar-refractivity contribution is 0.0696. The van der Waals surface area contributed by atoms with Crippen LogP contribution in [0, 0.1) is 0 Å². The van der Waals surface area contributed by atoms with Gasteiger partial charge in [-0.05, 0) is 30.7 Å². The van der Waals surface area contributed by atoms with Gasteiger partial charge in [0.15, 0.2) is 0 Å². The van der Waals surface area contributed by atoms with Gasteiger partial charge in [-0.15, -0.1) is 0 Å². The molecule has 2 aromatic rings. The maximum atomic E-state index is 12.0. The van der Waals surface area contributed by atoms with E-state index in [4.69, 9.17) is 5.11 Å². The Morgan fingerprint density at radius 1 is 1.29 bits per heavy atom. The number of aromatic nitrogens is 2. The molecule has 0 aliphatic carbocycles. The van der Waals surface area contributed by atoms with E-state index in [1.165, 1.54) is 24.3 Å². The molecule has 0 spiro atoms. The molecule has 8 heteroatoms. The van der Waals surface area contributed by atoms with Crippen LogP contribution in [0.25, 0.3) is 0 Å². The van der Waals surface area contributed by atoms with Crippen LogP contribution in [0.5, 0.6) is 0 Å². The second-order valence-corrected chi connectivity index (χ2v) is 6.15. The lowest BCUT2D eigenvalue weighted by atomic mass is 10.2. The minimum atomic E-state index is -3.61. The molecule has 0 saturated carbocycles. The Labute approximate surface area is 122 Å². The first kappa shape index (κ1) is 15.2. The molecule has 0 atom stereocenters. The SMILES string of the molecule is O=C(O)c1ccc(S(=O)(=O)NCCCn2ccnc2)cc1. The van der Waals surface area contributed by atoms with Crippen LogP contribution in [-0.2, 0) is 16.6 Å². The van der Waals surface area contributed by atoms with E-state index in [1.807, 2.05) is 4.57 Å². The Kier molecular flexibility index (Phi) is 4.71. The number of benzene rings is 1. The molecule has 0 bridgehead atoms. The Balaban J connectivity index is 1.90. The van der Waals surface area contributed by atoms with Crippen molar-refractivity contribution in [1.29, 1.82) is 0 Å². The number of carboxylic acids is 1. The lowest BCUT2D eigenvalue weighted by Gasteiger charge is -2.07. The molecular weight excluding hydrogens is 294 g/mol. The minimum absolute atomic E-state index is 0.0501. The molecule has 2 N–H and O–H groups in total. The monoisotopic (exact) mass is 309 g/mol. The third-order valence-electron chi connectivity index (χ3n) is 2.86. The fraction of sp³-hybridized carbons (Fsp3) is 0.231. The van der Waals surface area contributed by atoms with Crippen molar-refractivity contribution in [2.24, 2.45) is 0 Å². The van der Waals surface area contributed by atoms with Gasteiger partial charge in [0.1, 0.15) is 0 Å². The number of aryl methyl sites for hydroxylation is 1. The van der Waals surface area contributed by atoms with Gasteiger partial charge in [0.25, 0.3) is 0 Å². The van der Waals surface area contributed by atoms with E-state index >= 15 is 0 Å². The third-order valence-corrected chi connectivity index (χ3v) is 4.33. The van der Waals surface area contributed by atoms with Gasteiger partial charge in [-0.2, -0.15) is 0 Å². The van der Waals surface area contributed by atoms with E-state index in [9.17, 15) is 13.2 Å². The first-order valence-electron chi connectivity index (χ1n) is 6.28. The summed E-state index contributed by atoms with van der Waals surface area (Å²) in [5.41, 5.74) is 0.0501. The molecule has 0 radical (unpaired) electrons. The summed E-state index contributed by atoms with van der Waals surface area (Å²) in [5.74, 6) is -1.09. The van der Waals surface area contributed by atoms with Crippen molar-refractivity contribution in [2.45, 2.75) is 17.9 Å². The van der Waals surface area contributed by atoms with Crippen LogP contribution in [0.1, 0.15) is 16.8 Å². The summed E-state index contributed by atoms with van der Waals surface area (Å²) >= 11 is 0.